The molecule has 0 aromatic heterocycles. The van der Waals surface area contributed by atoms with Gasteiger partial charge in [0.1, 0.15) is 5.54 Å². The van der Waals surface area contributed by atoms with Crippen LogP contribution in [0, 0.1) is 17.2 Å². The minimum absolute atomic E-state index is 0.0726. The Kier molecular flexibility index (Phi) is 5.41. The first-order valence-corrected chi connectivity index (χ1v) is 9.19. The number of nitrogens with zero attached hydrogens (tertiary/aromatic N) is 3. The van der Waals surface area contributed by atoms with Gasteiger partial charge in [-0.05, 0) is 68.8 Å². The van der Waals surface area contributed by atoms with Crippen molar-refractivity contribution in [2.45, 2.75) is 44.2 Å². The van der Waals surface area contributed by atoms with Gasteiger partial charge in [-0.25, -0.2) is 0 Å². The lowest BCUT2D eigenvalue weighted by Gasteiger charge is -2.42. The van der Waals surface area contributed by atoms with E-state index in [1.807, 2.05) is 24.3 Å². The SMILES string of the molecule is CN(C(=O)c1ccc(CN2CCC(CO)CC2)cc1)C1(C#N)CCC1. The Balaban J connectivity index is 1.59. The fourth-order valence-corrected chi connectivity index (χ4v) is 3.76. The number of carbonyl (C=O) groups excluding carboxylic acids is 1. The molecule has 1 aliphatic carbocycles. The number of carbonyl (C=O) groups is 1. The number of aliphatic hydroxyl groups excluding tert-OH is 1. The van der Waals surface area contributed by atoms with Gasteiger partial charge in [0, 0.05) is 25.8 Å². The number of benzene rings is 1. The summed E-state index contributed by atoms with van der Waals surface area (Å²) in [6.45, 7) is 3.20. The quantitative estimate of drug-likeness (QED) is 0.893. The van der Waals surface area contributed by atoms with Gasteiger partial charge in [0.15, 0.2) is 0 Å². The van der Waals surface area contributed by atoms with Gasteiger partial charge in [-0.3, -0.25) is 9.69 Å². The fraction of sp³-hybridized carbons (Fsp3) is 0.600. The first kappa shape index (κ1) is 17.9. The maximum absolute atomic E-state index is 12.7. The Hall–Kier alpha value is -1.90. The molecule has 3 rings (SSSR count). The molecule has 1 saturated heterocycles. The number of likely N-dealkylation sites (tertiary alicyclic amines) is 1. The third kappa shape index (κ3) is 3.70. The predicted molar refractivity (Wildman–Crippen MR) is 95.8 cm³/mol. The van der Waals surface area contributed by atoms with Crippen molar-refractivity contribution in [3.63, 3.8) is 0 Å². The summed E-state index contributed by atoms with van der Waals surface area (Å²) in [7, 11) is 1.74. The van der Waals surface area contributed by atoms with Crippen LogP contribution in [-0.2, 0) is 6.54 Å². The molecular formula is C20H27N3O2. The molecule has 1 aromatic rings. The molecule has 5 heteroatoms. The molecule has 1 N–H and O–H groups in total. The summed E-state index contributed by atoms with van der Waals surface area (Å²) in [5.74, 6) is 0.377. The zero-order valence-corrected chi connectivity index (χ0v) is 14.9. The van der Waals surface area contributed by atoms with Crippen molar-refractivity contribution in [3.8, 4) is 6.07 Å². The number of nitriles is 1. The second kappa shape index (κ2) is 7.55. The van der Waals surface area contributed by atoms with Crippen LogP contribution >= 0.6 is 0 Å². The van der Waals surface area contributed by atoms with Crippen LogP contribution in [0.4, 0.5) is 0 Å². The van der Waals surface area contributed by atoms with E-state index >= 15 is 0 Å². The van der Waals surface area contributed by atoms with E-state index in [2.05, 4.69) is 11.0 Å². The lowest BCUT2D eigenvalue weighted by molar-refractivity contribution is 0.0497. The second-order valence-electron chi connectivity index (χ2n) is 7.46. The molecule has 1 heterocycles. The number of hydrogen-bond acceptors (Lipinski definition) is 4. The third-order valence-electron chi connectivity index (χ3n) is 5.91. The smallest absolute Gasteiger partial charge is 0.254 e. The van der Waals surface area contributed by atoms with Crippen molar-refractivity contribution in [1.29, 1.82) is 5.26 Å². The molecule has 1 aliphatic heterocycles. The minimum atomic E-state index is -0.604. The Morgan fingerprint density at radius 1 is 1.32 bits per heavy atom. The average molecular weight is 341 g/mol. The van der Waals surface area contributed by atoms with Crippen molar-refractivity contribution in [3.05, 3.63) is 35.4 Å². The summed E-state index contributed by atoms with van der Waals surface area (Å²) in [6, 6.07) is 10.1. The lowest BCUT2D eigenvalue weighted by atomic mass is 9.76. The fourth-order valence-electron chi connectivity index (χ4n) is 3.76. The highest BCUT2D eigenvalue weighted by atomic mass is 16.3. The van der Waals surface area contributed by atoms with E-state index in [1.54, 1.807) is 11.9 Å². The minimum Gasteiger partial charge on any atom is -0.396 e. The average Bonchev–Trinajstić information content (AvgIpc) is 2.62. The topological polar surface area (TPSA) is 67.6 Å². The van der Waals surface area contributed by atoms with Crippen LogP contribution in [0.25, 0.3) is 0 Å². The highest BCUT2D eigenvalue weighted by Crippen LogP contribution is 2.37. The summed E-state index contributed by atoms with van der Waals surface area (Å²) in [4.78, 5) is 16.7. The summed E-state index contributed by atoms with van der Waals surface area (Å²) in [6.07, 6.45) is 4.65. The number of aliphatic hydroxyl groups is 1. The van der Waals surface area contributed by atoms with Gasteiger partial charge >= 0.3 is 0 Å². The lowest BCUT2D eigenvalue weighted by Crippen LogP contribution is -2.53. The number of hydrogen-bond donors (Lipinski definition) is 1. The molecule has 1 amide bonds. The standard InChI is InChI=1S/C20H27N3O2/c1-22(20(15-21)9-2-10-20)19(25)18-5-3-16(4-6-18)13-23-11-7-17(14-24)8-12-23/h3-6,17,24H,2,7-14H2,1H3. The van der Waals surface area contributed by atoms with Gasteiger partial charge in [0.25, 0.3) is 5.91 Å². The van der Waals surface area contributed by atoms with Gasteiger partial charge in [-0.15, -0.1) is 0 Å². The molecule has 2 fully saturated rings. The number of amides is 1. The van der Waals surface area contributed by atoms with Crippen molar-refractivity contribution < 1.29 is 9.90 Å². The Morgan fingerprint density at radius 3 is 2.44 bits per heavy atom. The monoisotopic (exact) mass is 341 g/mol. The molecule has 1 saturated carbocycles. The van der Waals surface area contributed by atoms with Crippen molar-refractivity contribution >= 4 is 5.91 Å². The largest absolute Gasteiger partial charge is 0.396 e. The molecule has 0 radical (unpaired) electrons. The maximum Gasteiger partial charge on any atom is 0.254 e. The maximum atomic E-state index is 12.7. The van der Waals surface area contributed by atoms with E-state index in [9.17, 15) is 15.2 Å². The van der Waals surface area contributed by atoms with E-state index in [0.29, 0.717) is 18.1 Å². The summed E-state index contributed by atoms with van der Waals surface area (Å²) < 4.78 is 0. The van der Waals surface area contributed by atoms with Gasteiger partial charge in [-0.1, -0.05) is 12.1 Å². The van der Waals surface area contributed by atoms with E-state index in [0.717, 1.165) is 51.7 Å². The summed E-state index contributed by atoms with van der Waals surface area (Å²) >= 11 is 0. The first-order chi connectivity index (χ1) is 12.1. The second-order valence-corrected chi connectivity index (χ2v) is 7.46. The highest BCUT2D eigenvalue weighted by molar-refractivity contribution is 5.95. The Labute approximate surface area is 149 Å². The van der Waals surface area contributed by atoms with Crippen LogP contribution in [0.3, 0.4) is 0 Å². The van der Waals surface area contributed by atoms with Gasteiger partial charge in [0.2, 0.25) is 0 Å². The zero-order chi connectivity index (χ0) is 17.9. The van der Waals surface area contributed by atoms with E-state index < -0.39 is 5.54 Å². The number of piperidine rings is 1. The van der Waals surface area contributed by atoms with Crippen molar-refractivity contribution in [2.24, 2.45) is 5.92 Å². The van der Waals surface area contributed by atoms with Crippen molar-refractivity contribution in [1.82, 2.24) is 9.80 Å². The van der Waals surface area contributed by atoms with Crippen LogP contribution in [0.2, 0.25) is 0 Å². The Morgan fingerprint density at radius 2 is 1.96 bits per heavy atom. The zero-order valence-electron chi connectivity index (χ0n) is 14.9. The van der Waals surface area contributed by atoms with Gasteiger partial charge in [-0.2, -0.15) is 5.26 Å². The van der Waals surface area contributed by atoms with Crippen LogP contribution in [0.5, 0.6) is 0 Å². The predicted octanol–water partition coefficient (Wildman–Crippen LogP) is 2.41. The van der Waals surface area contributed by atoms with Crippen LogP contribution < -0.4 is 0 Å². The molecule has 1 aromatic carbocycles. The molecule has 134 valence electrons. The molecule has 2 aliphatic rings. The Bertz CT molecular complexity index is 638. The third-order valence-corrected chi connectivity index (χ3v) is 5.91. The van der Waals surface area contributed by atoms with Crippen LogP contribution in [-0.4, -0.2) is 53.1 Å². The van der Waals surface area contributed by atoms with Gasteiger partial charge < -0.3 is 10.0 Å². The molecular weight excluding hydrogens is 314 g/mol. The van der Waals surface area contributed by atoms with Crippen LogP contribution in [0.15, 0.2) is 24.3 Å². The molecule has 0 bridgehead atoms. The first-order valence-electron chi connectivity index (χ1n) is 9.19. The molecule has 0 spiro atoms. The van der Waals surface area contributed by atoms with E-state index in [4.69, 9.17) is 0 Å². The van der Waals surface area contributed by atoms with Gasteiger partial charge in [0.05, 0.1) is 6.07 Å². The van der Waals surface area contributed by atoms with Crippen molar-refractivity contribution in [2.75, 3.05) is 26.7 Å². The summed E-state index contributed by atoms with van der Waals surface area (Å²) in [5, 5.41) is 18.6. The summed E-state index contributed by atoms with van der Waals surface area (Å²) in [5.41, 5.74) is 1.24. The number of rotatable bonds is 5. The molecule has 5 nitrogen and oxygen atoms in total. The van der Waals surface area contributed by atoms with E-state index in [1.165, 1.54) is 5.56 Å². The van der Waals surface area contributed by atoms with Crippen LogP contribution in [0.1, 0.15) is 48.0 Å². The molecule has 0 atom stereocenters. The van der Waals surface area contributed by atoms with E-state index in [-0.39, 0.29) is 5.91 Å². The highest BCUT2D eigenvalue weighted by Gasteiger charge is 2.43. The molecule has 25 heavy (non-hydrogen) atoms. The molecule has 0 unspecified atom stereocenters. The normalized spacial score (nSPS) is 20.5.